The predicted molar refractivity (Wildman–Crippen MR) is 166 cm³/mol. The van der Waals surface area contributed by atoms with Crippen LogP contribution in [0.25, 0.3) is 16.0 Å². The molecule has 9 heteroatoms. The van der Waals surface area contributed by atoms with Gasteiger partial charge >= 0.3 is 5.91 Å². The number of anilines is 1. The van der Waals surface area contributed by atoms with Crippen LogP contribution < -0.4 is 19.1 Å². The molecule has 4 aromatic carbocycles. The molecule has 0 aliphatic carbocycles. The molecule has 1 amide bonds. The number of carbonyl (C=O) groups excluding carboxylic acids is 2. The highest BCUT2D eigenvalue weighted by Crippen LogP contribution is 2.45. The molecule has 0 spiro atoms. The summed E-state index contributed by atoms with van der Waals surface area (Å²) in [4.78, 5) is 33.5. The van der Waals surface area contributed by atoms with Crippen molar-refractivity contribution in [2.24, 2.45) is 0 Å². The minimum Gasteiger partial charge on any atom is -0.507 e. The molecular formula is C34H28N2O6S. The molecule has 1 N–H and O–H groups in total. The molecule has 1 aromatic heterocycles. The fraction of sp³-hybridized carbons (Fsp3) is 0.147. The first-order chi connectivity index (χ1) is 21.0. The number of para-hydroxylation sites is 1. The van der Waals surface area contributed by atoms with Crippen molar-refractivity contribution in [1.29, 1.82) is 0 Å². The van der Waals surface area contributed by atoms with Crippen LogP contribution >= 0.6 is 11.3 Å². The quantitative estimate of drug-likeness (QED) is 0.107. The number of amides is 1. The first-order valence-corrected chi connectivity index (χ1v) is 14.7. The SMILES string of the molecule is CCOc1cccc(/C(O)=C2\C(=O)C(=O)N(c3nc4ccc(OCC)cc4s3)C2c2cccc(Oc3ccccc3)c2)c1. The summed E-state index contributed by atoms with van der Waals surface area (Å²) in [5.41, 5.74) is 1.54. The number of ketones is 1. The molecule has 1 aliphatic heterocycles. The van der Waals surface area contributed by atoms with Gasteiger partial charge in [-0.1, -0.05) is 53.8 Å². The van der Waals surface area contributed by atoms with Crippen LogP contribution in [0.3, 0.4) is 0 Å². The summed E-state index contributed by atoms with van der Waals surface area (Å²) in [7, 11) is 0. The molecule has 1 aliphatic rings. The maximum atomic E-state index is 13.7. The third-order valence-electron chi connectivity index (χ3n) is 6.88. The van der Waals surface area contributed by atoms with E-state index in [4.69, 9.17) is 19.2 Å². The molecule has 0 saturated carbocycles. The third kappa shape index (κ3) is 5.54. The van der Waals surface area contributed by atoms with E-state index >= 15 is 0 Å². The lowest BCUT2D eigenvalue weighted by molar-refractivity contribution is -0.132. The number of nitrogens with zero attached hydrogens (tertiary/aromatic N) is 2. The van der Waals surface area contributed by atoms with E-state index < -0.39 is 17.7 Å². The van der Waals surface area contributed by atoms with Crippen molar-refractivity contribution in [2.45, 2.75) is 19.9 Å². The van der Waals surface area contributed by atoms with Crippen molar-refractivity contribution in [3.63, 3.8) is 0 Å². The van der Waals surface area contributed by atoms with Crippen molar-refractivity contribution >= 4 is 44.1 Å². The fourth-order valence-corrected chi connectivity index (χ4v) is 6.05. The van der Waals surface area contributed by atoms with Crippen LogP contribution in [0.2, 0.25) is 0 Å². The van der Waals surface area contributed by atoms with Crippen LogP contribution in [-0.4, -0.2) is 35.0 Å². The lowest BCUT2D eigenvalue weighted by Crippen LogP contribution is -2.29. The topological polar surface area (TPSA) is 98.2 Å². The van der Waals surface area contributed by atoms with Gasteiger partial charge in [0.2, 0.25) is 0 Å². The minimum absolute atomic E-state index is 0.0511. The first kappa shape index (κ1) is 28.0. The number of benzene rings is 4. The molecule has 0 radical (unpaired) electrons. The molecule has 0 bridgehead atoms. The molecule has 6 rings (SSSR count). The average molecular weight is 593 g/mol. The molecular weight excluding hydrogens is 564 g/mol. The van der Waals surface area contributed by atoms with Crippen LogP contribution in [-0.2, 0) is 9.59 Å². The second-order valence-corrected chi connectivity index (χ2v) is 10.7. The molecule has 2 heterocycles. The van der Waals surface area contributed by atoms with Gasteiger partial charge in [0.25, 0.3) is 5.78 Å². The van der Waals surface area contributed by atoms with Gasteiger partial charge in [0.05, 0.1) is 35.0 Å². The number of hydrogen-bond acceptors (Lipinski definition) is 8. The number of rotatable bonds is 9. The summed E-state index contributed by atoms with van der Waals surface area (Å²) in [6, 6.07) is 27.8. The van der Waals surface area contributed by atoms with Crippen LogP contribution in [0.5, 0.6) is 23.0 Å². The maximum Gasteiger partial charge on any atom is 0.301 e. The Morgan fingerprint density at radius 2 is 1.51 bits per heavy atom. The van der Waals surface area contributed by atoms with E-state index in [1.54, 1.807) is 48.5 Å². The number of fused-ring (bicyclic) bond motifs is 1. The molecule has 1 unspecified atom stereocenters. The number of aromatic nitrogens is 1. The van der Waals surface area contributed by atoms with Gasteiger partial charge in [0.15, 0.2) is 5.13 Å². The van der Waals surface area contributed by atoms with Crippen molar-refractivity contribution in [1.82, 2.24) is 4.98 Å². The molecule has 43 heavy (non-hydrogen) atoms. The summed E-state index contributed by atoms with van der Waals surface area (Å²) in [5.74, 6) is 0.465. The van der Waals surface area contributed by atoms with Gasteiger partial charge in [-0.3, -0.25) is 14.5 Å². The smallest absolute Gasteiger partial charge is 0.301 e. The molecule has 1 atom stereocenters. The van der Waals surface area contributed by atoms with Crippen LogP contribution in [0.1, 0.15) is 31.0 Å². The molecule has 1 saturated heterocycles. The van der Waals surface area contributed by atoms with Crippen LogP contribution in [0.15, 0.2) is 103 Å². The van der Waals surface area contributed by atoms with Gasteiger partial charge in [-0.15, -0.1) is 0 Å². The molecule has 5 aromatic rings. The number of aliphatic hydroxyl groups excluding tert-OH is 1. The molecule has 8 nitrogen and oxygen atoms in total. The van der Waals surface area contributed by atoms with Gasteiger partial charge in [-0.25, -0.2) is 4.98 Å². The number of ether oxygens (including phenoxy) is 3. The lowest BCUT2D eigenvalue weighted by atomic mass is 9.95. The van der Waals surface area contributed by atoms with E-state index in [1.807, 2.05) is 62.4 Å². The summed E-state index contributed by atoms with van der Waals surface area (Å²) in [5, 5.41) is 11.9. The zero-order valence-corrected chi connectivity index (χ0v) is 24.3. The van der Waals surface area contributed by atoms with Crippen molar-refractivity contribution in [3.8, 4) is 23.0 Å². The Balaban J connectivity index is 1.50. The maximum absolute atomic E-state index is 13.7. The highest BCUT2D eigenvalue weighted by Gasteiger charge is 2.48. The third-order valence-corrected chi connectivity index (χ3v) is 7.90. The Labute approximate surface area is 252 Å². The van der Waals surface area contributed by atoms with E-state index in [1.165, 1.54) is 16.2 Å². The normalized spacial score (nSPS) is 16.0. The van der Waals surface area contributed by atoms with Gasteiger partial charge in [-0.05, 0) is 74.0 Å². The Bertz CT molecular complexity index is 1850. The summed E-state index contributed by atoms with van der Waals surface area (Å²) < 4.78 is 18.1. The van der Waals surface area contributed by atoms with Crippen molar-refractivity contribution in [2.75, 3.05) is 18.1 Å². The highest BCUT2D eigenvalue weighted by molar-refractivity contribution is 7.22. The van der Waals surface area contributed by atoms with E-state index in [0.717, 1.165) is 4.70 Å². The Morgan fingerprint density at radius 1 is 0.814 bits per heavy atom. The predicted octanol–water partition coefficient (Wildman–Crippen LogP) is 7.51. The van der Waals surface area contributed by atoms with Gasteiger partial charge in [0, 0.05) is 5.56 Å². The second kappa shape index (κ2) is 12.0. The summed E-state index contributed by atoms with van der Waals surface area (Å²) in [6.07, 6.45) is 0. The van der Waals surface area contributed by atoms with Gasteiger partial charge in [0.1, 0.15) is 28.8 Å². The van der Waals surface area contributed by atoms with Crippen LogP contribution in [0.4, 0.5) is 5.13 Å². The Kier molecular flexibility index (Phi) is 7.81. The zero-order valence-electron chi connectivity index (χ0n) is 23.5. The Morgan fingerprint density at radius 3 is 2.28 bits per heavy atom. The van der Waals surface area contributed by atoms with Gasteiger partial charge in [-0.2, -0.15) is 0 Å². The monoisotopic (exact) mass is 592 g/mol. The van der Waals surface area contributed by atoms with E-state index in [-0.39, 0.29) is 11.3 Å². The Hall–Kier alpha value is -5.15. The van der Waals surface area contributed by atoms with E-state index in [9.17, 15) is 14.7 Å². The van der Waals surface area contributed by atoms with Crippen molar-refractivity contribution < 1.29 is 28.9 Å². The number of hydrogen-bond donors (Lipinski definition) is 1. The van der Waals surface area contributed by atoms with Gasteiger partial charge < -0.3 is 19.3 Å². The summed E-state index contributed by atoms with van der Waals surface area (Å²) in [6.45, 7) is 4.71. The number of aliphatic hydroxyl groups is 1. The number of Topliss-reactive ketones (excluding diaryl/α,β-unsaturated/α-hetero) is 1. The largest absolute Gasteiger partial charge is 0.507 e. The molecule has 216 valence electrons. The highest BCUT2D eigenvalue weighted by atomic mass is 32.1. The second-order valence-electron chi connectivity index (χ2n) is 9.68. The summed E-state index contributed by atoms with van der Waals surface area (Å²) >= 11 is 1.27. The fourth-order valence-electron chi connectivity index (χ4n) is 5.03. The van der Waals surface area contributed by atoms with Crippen LogP contribution in [0, 0.1) is 0 Å². The standard InChI is InChI=1S/C34H28N2O6S/c1-3-40-24-14-9-11-22(19-24)31(37)29-30(21-10-8-15-26(18-21)42-23-12-6-5-7-13-23)36(33(39)32(29)38)34-35-27-17-16-25(41-4-2)20-28(27)43-34/h5-20,30,37H,3-4H2,1-2H3/b31-29+. The zero-order chi connectivity index (χ0) is 29.9. The minimum atomic E-state index is -0.970. The lowest BCUT2D eigenvalue weighted by Gasteiger charge is -2.23. The molecule has 1 fully saturated rings. The average Bonchev–Trinajstić information content (AvgIpc) is 3.55. The van der Waals surface area contributed by atoms with E-state index in [0.29, 0.717) is 58.0 Å². The van der Waals surface area contributed by atoms with Crippen molar-refractivity contribution in [3.05, 3.63) is 114 Å². The van der Waals surface area contributed by atoms with E-state index in [2.05, 4.69) is 0 Å². The first-order valence-electron chi connectivity index (χ1n) is 13.9. The number of thiazole rings is 1. The number of carbonyl (C=O) groups is 2.